The number of hydrogen-bond acceptors (Lipinski definition) is 9. The summed E-state index contributed by atoms with van der Waals surface area (Å²) in [5, 5.41) is 43.5. The van der Waals surface area contributed by atoms with Crippen LogP contribution in [0.15, 0.2) is 11.5 Å². The van der Waals surface area contributed by atoms with Crippen molar-refractivity contribution >= 4 is 42.2 Å². The van der Waals surface area contributed by atoms with Crippen molar-refractivity contribution in [3.05, 3.63) is 11.5 Å². The highest BCUT2D eigenvalue weighted by Gasteiger charge is 2.38. The van der Waals surface area contributed by atoms with Gasteiger partial charge < -0.3 is 38.5 Å². The van der Waals surface area contributed by atoms with E-state index >= 15 is 0 Å². The van der Waals surface area contributed by atoms with E-state index < -0.39 is 52.3 Å². The Bertz CT molecular complexity index is 518. The van der Waals surface area contributed by atoms with Crippen molar-refractivity contribution in [2.45, 2.75) is 76.0 Å². The molecule has 176 valence electrons. The fraction of sp³-hybridized carbons (Fsp3) is 0.765. The van der Waals surface area contributed by atoms with Crippen LogP contribution in [0.1, 0.15) is 57.8 Å². The average Bonchev–Trinajstić information content (AvgIpc) is 2.98. The van der Waals surface area contributed by atoms with Crippen LogP contribution in [-0.2, 0) is 22.6 Å². The Labute approximate surface area is 184 Å². The maximum Gasteiger partial charge on any atom is 0.377 e. The number of ether oxygens (including phenoxy) is 1. The molecule has 0 aliphatic carbocycles. The van der Waals surface area contributed by atoms with E-state index in [2.05, 4.69) is 4.74 Å². The maximum atomic E-state index is 10.5. The van der Waals surface area contributed by atoms with Gasteiger partial charge in [-0.1, -0.05) is 44.9 Å². The normalized spacial score (nSPS) is 17.7. The Balaban J connectivity index is 0.000000604. The van der Waals surface area contributed by atoms with Crippen molar-refractivity contribution in [1.29, 1.82) is 0 Å². The second-order valence-electron chi connectivity index (χ2n) is 6.95. The minimum absolute atomic E-state index is 0.255. The summed E-state index contributed by atoms with van der Waals surface area (Å²) in [7, 11) is 0.0218. The van der Waals surface area contributed by atoms with Gasteiger partial charge in [-0.3, -0.25) is 4.79 Å². The summed E-state index contributed by atoms with van der Waals surface area (Å²) in [6, 6.07) is 1.30. The van der Waals surface area contributed by atoms with Crippen LogP contribution in [0.4, 0.5) is 0 Å². The number of hydrogen-bond donors (Lipinski definition) is 5. The lowest BCUT2D eigenvalue weighted by Crippen LogP contribution is -2.31. The number of carboxylic acid groups (broad SMARTS) is 1. The molecule has 0 fully saturated rings. The number of carbonyl (C=O) groups is 2. The van der Waals surface area contributed by atoms with Crippen molar-refractivity contribution in [2.24, 2.45) is 0 Å². The Morgan fingerprint density at radius 1 is 1.10 bits per heavy atom. The molecule has 0 amide bonds. The Kier molecular flexibility index (Phi) is 17.8. The number of rotatable bonds is 16. The molecule has 0 bridgehead atoms. The van der Waals surface area contributed by atoms with E-state index in [1.165, 1.54) is 44.6 Å². The summed E-state index contributed by atoms with van der Waals surface area (Å²) >= 11 is 0. The molecule has 30 heavy (non-hydrogen) atoms. The minimum Gasteiger partial charge on any atom is -0.505 e. The number of carbonyl (C=O) groups excluding carboxylic acids is 1. The van der Waals surface area contributed by atoms with Gasteiger partial charge in [-0.15, -0.1) is 0 Å². The fourth-order valence-corrected chi connectivity index (χ4v) is 6.70. The van der Waals surface area contributed by atoms with Crippen LogP contribution in [0, 0.1) is 0 Å². The van der Waals surface area contributed by atoms with Gasteiger partial charge in [0.1, 0.15) is 26.4 Å². The molecular weight excluding hydrogens is 448 g/mol. The lowest BCUT2D eigenvalue weighted by atomic mass is 10.1. The molecule has 0 unspecified atom stereocenters. The molecular formula is C17H36O10Si3. The fourth-order valence-electron chi connectivity index (χ4n) is 2.68. The molecule has 10 nitrogen and oxygen atoms in total. The highest BCUT2D eigenvalue weighted by molar-refractivity contribution is 6.41. The zero-order valence-corrected chi connectivity index (χ0v) is 22.5. The van der Waals surface area contributed by atoms with E-state index in [-0.39, 0.29) is 9.76 Å². The second kappa shape index (κ2) is 18.5. The molecule has 1 aliphatic rings. The predicted molar refractivity (Wildman–Crippen MR) is 118 cm³/mol. The van der Waals surface area contributed by atoms with Crippen molar-refractivity contribution in [1.82, 2.24) is 0 Å². The number of carboxylic acids is 1. The highest BCUT2D eigenvalue weighted by atomic mass is 28.3. The first-order valence-corrected chi connectivity index (χ1v) is 13.8. The quantitative estimate of drug-likeness (QED) is 0.104. The van der Waals surface area contributed by atoms with E-state index in [4.69, 9.17) is 33.8 Å². The van der Waals surface area contributed by atoms with E-state index in [0.717, 1.165) is 23.3 Å². The van der Waals surface area contributed by atoms with E-state index in [9.17, 15) is 9.59 Å². The lowest BCUT2D eigenvalue weighted by Gasteiger charge is -2.13. The van der Waals surface area contributed by atoms with Gasteiger partial charge in [0.05, 0.1) is 6.61 Å². The number of esters is 1. The van der Waals surface area contributed by atoms with Crippen LogP contribution in [0.5, 0.6) is 0 Å². The van der Waals surface area contributed by atoms with Gasteiger partial charge in [0, 0.05) is 6.42 Å². The summed E-state index contributed by atoms with van der Waals surface area (Å²) in [5.41, 5.74) is 0. The second-order valence-corrected chi connectivity index (χ2v) is 12.2. The monoisotopic (exact) mass is 484 g/mol. The van der Waals surface area contributed by atoms with Crippen molar-refractivity contribution in [3.63, 3.8) is 0 Å². The van der Waals surface area contributed by atoms with Gasteiger partial charge in [0.15, 0.2) is 11.9 Å². The molecule has 0 saturated carbocycles. The van der Waals surface area contributed by atoms with Crippen LogP contribution >= 0.6 is 0 Å². The SMILES string of the molecule is O=C(O)CCCCCCCCCC[SiH2]O[SiH2]O[SiH3].O=C1O[C@H]([C@@H](O)CO)C(O)=C1O. The molecule has 0 saturated heterocycles. The molecule has 5 N–H and O–H groups in total. The third-order valence-electron chi connectivity index (χ3n) is 4.36. The minimum atomic E-state index is -1.42. The summed E-state index contributed by atoms with van der Waals surface area (Å²) in [5.74, 6) is -3.45. The number of aliphatic carboxylic acids is 1. The number of unbranched alkanes of at least 4 members (excludes halogenated alkanes) is 7. The molecule has 0 radical (unpaired) electrons. The van der Waals surface area contributed by atoms with Gasteiger partial charge in [0.2, 0.25) is 5.76 Å². The zero-order chi connectivity index (χ0) is 22.8. The van der Waals surface area contributed by atoms with E-state index in [0.29, 0.717) is 6.42 Å². The predicted octanol–water partition coefficient (Wildman–Crippen LogP) is -1.01. The van der Waals surface area contributed by atoms with Gasteiger partial charge in [0.25, 0.3) is 10.0 Å². The number of aliphatic hydroxyl groups excluding tert-OH is 4. The van der Waals surface area contributed by atoms with E-state index in [1.54, 1.807) is 0 Å². The topological polar surface area (TPSA) is 163 Å². The van der Waals surface area contributed by atoms with E-state index in [1.807, 2.05) is 0 Å². The van der Waals surface area contributed by atoms with Gasteiger partial charge in [-0.05, 0) is 12.5 Å². The Morgan fingerprint density at radius 3 is 2.13 bits per heavy atom. The molecule has 0 aromatic carbocycles. The summed E-state index contributed by atoms with van der Waals surface area (Å²) in [6.45, 7) is -0.671. The first-order valence-electron chi connectivity index (χ1n) is 10.3. The Morgan fingerprint density at radius 2 is 1.67 bits per heavy atom. The highest BCUT2D eigenvalue weighted by Crippen LogP contribution is 2.20. The number of aliphatic hydroxyl groups is 4. The van der Waals surface area contributed by atoms with Crippen molar-refractivity contribution < 1.29 is 48.1 Å². The molecule has 1 rings (SSSR count). The summed E-state index contributed by atoms with van der Waals surface area (Å²) in [6.07, 6.45) is 7.18. The molecule has 0 aromatic heterocycles. The van der Waals surface area contributed by atoms with Crippen LogP contribution in [-0.4, -0.2) is 86.5 Å². The third-order valence-corrected chi connectivity index (χ3v) is 7.91. The number of cyclic esters (lactones) is 1. The van der Waals surface area contributed by atoms with Gasteiger partial charge in [-0.25, -0.2) is 4.79 Å². The first kappa shape index (κ1) is 28.8. The van der Waals surface area contributed by atoms with Gasteiger partial charge in [-0.2, -0.15) is 0 Å². The van der Waals surface area contributed by atoms with Crippen LogP contribution in [0.3, 0.4) is 0 Å². The average molecular weight is 485 g/mol. The third kappa shape index (κ3) is 13.9. The molecule has 2 atom stereocenters. The largest absolute Gasteiger partial charge is 0.505 e. The molecule has 1 heterocycles. The first-order chi connectivity index (χ1) is 14.3. The van der Waals surface area contributed by atoms with Crippen LogP contribution < -0.4 is 0 Å². The smallest absolute Gasteiger partial charge is 0.377 e. The van der Waals surface area contributed by atoms with Crippen LogP contribution in [0.25, 0.3) is 0 Å². The van der Waals surface area contributed by atoms with Crippen LogP contribution in [0.2, 0.25) is 6.04 Å². The van der Waals surface area contributed by atoms with Gasteiger partial charge >= 0.3 is 11.9 Å². The Hall–Kier alpha value is -1.23. The molecule has 0 spiro atoms. The molecule has 13 heteroatoms. The summed E-state index contributed by atoms with van der Waals surface area (Å²) < 4.78 is 14.9. The maximum absolute atomic E-state index is 10.5. The standard InChI is InChI=1S/C11H28O4Si3.C6H8O6/c12-11(13)9-7-5-3-1-2-4-6-8-10-17-15-18-14-16;7-1-2(8)5-3(9)4(10)6(11)12-5/h1-10,17-18H2,16H3,(H,12,13);2,5,7-10H,1H2/t;2-,5+/m.0/s1. The molecule has 1 aliphatic heterocycles. The molecule has 0 aromatic rings. The van der Waals surface area contributed by atoms with Crippen molar-refractivity contribution in [3.8, 4) is 0 Å². The van der Waals surface area contributed by atoms with Crippen molar-refractivity contribution in [2.75, 3.05) is 6.61 Å². The summed E-state index contributed by atoms with van der Waals surface area (Å²) in [4.78, 5) is 20.8. The zero-order valence-electron chi connectivity index (χ0n) is 17.6. The lowest BCUT2D eigenvalue weighted by molar-refractivity contribution is -0.147.